The molecule has 0 saturated carbocycles. The van der Waals surface area contributed by atoms with E-state index < -0.39 is 0 Å². The van der Waals surface area contributed by atoms with Crippen LogP contribution in [0.2, 0.25) is 0 Å². The van der Waals surface area contributed by atoms with Gasteiger partial charge in [-0.25, -0.2) is 0 Å². The van der Waals surface area contributed by atoms with Gasteiger partial charge in [0.05, 0.1) is 11.7 Å². The van der Waals surface area contributed by atoms with E-state index in [1.54, 1.807) is 4.68 Å². The molecule has 92 valence electrons. The van der Waals surface area contributed by atoms with Gasteiger partial charge in [0.25, 0.3) is 0 Å². The molecule has 0 amide bonds. The Morgan fingerprint density at radius 2 is 2.29 bits per heavy atom. The maximum Gasteiger partial charge on any atom is 0.105 e. The number of hydrogen-bond acceptors (Lipinski definition) is 4. The van der Waals surface area contributed by atoms with E-state index in [-0.39, 0.29) is 6.04 Å². The van der Waals surface area contributed by atoms with Gasteiger partial charge < -0.3 is 4.42 Å². The highest BCUT2D eigenvalue weighted by atomic mass is 16.3. The molecule has 0 saturated heterocycles. The zero-order valence-corrected chi connectivity index (χ0v) is 10.4. The second kappa shape index (κ2) is 4.73. The van der Waals surface area contributed by atoms with Crippen molar-refractivity contribution in [3.8, 4) is 0 Å². The van der Waals surface area contributed by atoms with E-state index in [2.05, 4.69) is 10.5 Å². The summed E-state index contributed by atoms with van der Waals surface area (Å²) >= 11 is 0. The first-order valence-corrected chi connectivity index (χ1v) is 5.61. The van der Waals surface area contributed by atoms with Gasteiger partial charge in [0, 0.05) is 25.2 Å². The molecule has 2 aromatic rings. The first-order chi connectivity index (χ1) is 8.10. The Balaban J connectivity index is 2.19. The zero-order valence-electron chi connectivity index (χ0n) is 10.4. The standard InChI is InChI=1S/C12H18N4O/c1-8-6-11(9(2)17-8)12(14-13)7-10-4-5-16(3)15-10/h4-6,12,14H,7,13H2,1-3H3. The molecule has 17 heavy (non-hydrogen) atoms. The number of nitrogens with zero attached hydrogens (tertiary/aromatic N) is 2. The van der Waals surface area contributed by atoms with Crippen LogP contribution in [0.15, 0.2) is 22.7 Å². The smallest absolute Gasteiger partial charge is 0.105 e. The molecule has 2 heterocycles. The maximum atomic E-state index is 5.61. The molecule has 5 heteroatoms. The van der Waals surface area contributed by atoms with Gasteiger partial charge in [0.1, 0.15) is 11.5 Å². The highest BCUT2D eigenvalue weighted by Crippen LogP contribution is 2.23. The molecule has 0 radical (unpaired) electrons. The second-order valence-electron chi connectivity index (χ2n) is 4.27. The molecular weight excluding hydrogens is 216 g/mol. The van der Waals surface area contributed by atoms with E-state index in [4.69, 9.17) is 10.3 Å². The number of hydrogen-bond donors (Lipinski definition) is 2. The summed E-state index contributed by atoms with van der Waals surface area (Å²) in [6.07, 6.45) is 2.67. The van der Waals surface area contributed by atoms with Crippen molar-refractivity contribution in [1.82, 2.24) is 15.2 Å². The molecule has 2 aromatic heterocycles. The van der Waals surface area contributed by atoms with Gasteiger partial charge in [-0.1, -0.05) is 0 Å². The monoisotopic (exact) mass is 234 g/mol. The summed E-state index contributed by atoms with van der Waals surface area (Å²) in [7, 11) is 1.90. The van der Waals surface area contributed by atoms with E-state index in [9.17, 15) is 0 Å². The van der Waals surface area contributed by atoms with E-state index in [0.29, 0.717) is 0 Å². The van der Waals surface area contributed by atoms with Crippen LogP contribution in [0.3, 0.4) is 0 Å². The first kappa shape index (κ1) is 11.9. The molecule has 0 aromatic carbocycles. The summed E-state index contributed by atoms with van der Waals surface area (Å²) in [6.45, 7) is 3.88. The topological polar surface area (TPSA) is 69.0 Å². The fourth-order valence-corrected chi connectivity index (χ4v) is 2.04. The van der Waals surface area contributed by atoms with Crippen molar-refractivity contribution < 1.29 is 4.42 Å². The van der Waals surface area contributed by atoms with Gasteiger partial charge >= 0.3 is 0 Å². The Hall–Kier alpha value is -1.59. The number of hydrazine groups is 1. The highest BCUT2D eigenvalue weighted by Gasteiger charge is 2.17. The van der Waals surface area contributed by atoms with E-state index in [0.717, 1.165) is 29.2 Å². The lowest BCUT2D eigenvalue weighted by molar-refractivity contribution is 0.482. The third-order valence-electron chi connectivity index (χ3n) is 2.84. The van der Waals surface area contributed by atoms with Crippen molar-refractivity contribution in [3.05, 3.63) is 41.1 Å². The SMILES string of the molecule is Cc1cc(C(Cc2ccn(C)n2)NN)c(C)o1. The number of aryl methyl sites for hydroxylation is 3. The van der Waals surface area contributed by atoms with Crippen LogP contribution in [0.4, 0.5) is 0 Å². The average Bonchev–Trinajstić information content (AvgIpc) is 2.82. The molecule has 2 rings (SSSR count). The summed E-state index contributed by atoms with van der Waals surface area (Å²) in [5.41, 5.74) is 4.92. The van der Waals surface area contributed by atoms with Crippen LogP contribution < -0.4 is 11.3 Å². The number of nitrogens with one attached hydrogen (secondary N) is 1. The fourth-order valence-electron chi connectivity index (χ4n) is 2.04. The maximum absolute atomic E-state index is 5.61. The van der Waals surface area contributed by atoms with Gasteiger partial charge in [0.2, 0.25) is 0 Å². The molecule has 1 unspecified atom stereocenters. The summed E-state index contributed by atoms with van der Waals surface area (Å²) < 4.78 is 7.31. The Labute approximate surface area is 101 Å². The fraction of sp³-hybridized carbons (Fsp3) is 0.417. The lowest BCUT2D eigenvalue weighted by Crippen LogP contribution is -2.29. The van der Waals surface area contributed by atoms with Crippen LogP contribution in [0, 0.1) is 13.8 Å². The third-order valence-corrected chi connectivity index (χ3v) is 2.84. The minimum Gasteiger partial charge on any atom is -0.466 e. The molecular formula is C12H18N4O. The van der Waals surface area contributed by atoms with E-state index in [1.165, 1.54) is 0 Å². The number of nitrogens with two attached hydrogens (primary N) is 1. The van der Waals surface area contributed by atoms with Gasteiger partial charge in [0.15, 0.2) is 0 Å². The molecule has 0 aliphatic rings. The Morgan fingerprint density at radius 3 is 2.76 bits per heavy atom. The molecule has 0 fully saturated rings. The zero-order chi connectivity index (χ0) is 12.4. The lowest BCUT2D eigenvalue weighted by Gasteiger charge is -2.13. The number of aromatic nitrogens is 2. The molecule has 1 atom stereocenters. The van der Waals surface area contributed by atoms with E-state index >= 15 is 0 Å². The van der Waals surface area contributed by atoms with Gasteiger partial charge in [-0.3, -0.25) is 16.0 Å². The lowest BCUT2D eigenvalue weighted by atomic mass is 10.0. The summed E-state index contributed by atoms with van der Waals surface area (Å²) in [5.74, 6) is 7.42. The minimum absolute atomic E-state index is 0.0300. The predicted molar refractivity (Wildman–Crippen MR) is 65.2 cm³/mol. The first-order valence-electron chi connectivity index (χ1n) is 5.61. The largest absolute Gasteiger partial charge is 0.466 e. The van der Waals surface area contributed by atoms with Gasteiger partial charge in [-0.15, -0.1) is 0 Å². The molecule has 0 bridgehead atoms. The van der Waals surface area contributed by atoms with Crippen LogP contribution in [0.5, 0.6) is 0 Å². The molecule has 3 N–H and O–H groups in total. The second-order valence-corrected chi connectivity index (χ2v) is 4.27. The molecule has 0 spiro atoms. The van der Waals surface area contributed by atoms with Crippen LogP contribution in [-0.2, 0) is 13.5 Å². The van der Waals surface area contributed by atoms with Gasteiger partial charge in [-0.2, -0.15) is 5.10 Å². The number of rotatable bonds is 4. The Morgan fingerprint density at radius 1 is 1.53 bits per heavy atom. The summed E-state index contributed by atoms with van der Waals surface area (Å²) in [5, 5.41) is 4.35. The minimum atomic E-state index is 0.0300. The summed E-state index contributed by atoms with van der Waals surface area (Å²) in [4.78, 5) is 0. The van der Waals surface area contributed by atoms with Crippen molar-refractivity contribution in [2.24, 2.45) is 12.9 Å². The van der Waals surface area contributed by atoms with Crippen molar-refractivity contribution in [2.45, 2.75) is 26.3 Å². The van der Waals surface area contributed by atoms with Crippen molar-refractivity contribution in [1.29, 1.82) is 0 Å². The van der Waals surface area contributed by atoms with Crippen LogP contribution in [-0.4, -0.2) is 9.78 Å². The Kier molecular flexibility index (Phi) is 3.31. The van der Waals surface area contributed by atoms with Crippen LogP contribution >= 0.6 is 0 Å². The molecule has 0 aliphatic heterocycles. The van der Waals surface area contributed by atoms with Crippen LogP contribution in [0.25, 0.3) is 0 Å². The normalized spacial score (nSPS) is 12.9. The van der Waals surface area contributed by atoms with E-state index in [1.807, 2.05) is 39.2 Å². The van der Waals surface area contributed by atoms with Gasteiger partial charge in [-0.05, 0) is 26.0 Å². The molecule has 5 nitrogen and oxygen atoms in total. The molecule has 0 aliphatic carbocycles. The average molecular weight is 234 g/mol. The third kappa shape index (κ3) is 2.57. The van der Waals surface area contributed by atoms with Crippen molar-refractivity contribution >= 4 is 0 Å². The quantitative estimate of drug-likeness (QED) is 0.619. The van der Waals surface area contributed by atoms with Crippen molar-refractivity contribution in [2.75, 3.05) is 0 Å². The Bertz CT molecular complexity index is 500. The highest BCUT2D eigenvalue weighted by molar-refractivity contribution is 5.25. The van der Waals surface area contributed by atoms with Crippen molar-refractivity contribution in [3.63, 3.8) is 0 Å². The summed E-state index contributed by atoms with van der Waals surface area (Å²) in [6, 6.07) is 4.04. The number of furan rings is 1. The predicted octanol–water partition coefficient (Wildman–Crippen LogP) is 1.38. The van der Waals surface area contributed by atoms with Crippen LogP contribution in [0.1, 0.15) is 28.8 Å².